The third kappa shape index (κ3) is 4.17. The molecule has 1 aromatic carbocycles. The van der Waals surface area contributed by atoms with Gasteiger partial charge in [0, 0.05) is 13.2 Å². The van der Waals surface area contributed by atoms with Crippen molar-refractivity contribution in [2.24, 2.45) is 5.92 Å². The molecule has 8 heteroatoms. The minimum atomic E-state index is -3.86. The highest BCUT2D eigenvalue weighted by atomic mass is 35.5. The Morgan fingerprint density at radius 3 is 2.70 bits per heavy atom. The third-order valence-electron chi connectivity index (χ3n) is 2.58. The number of rotatable bonds is 6. The van der Waals surface area contributed by atoms with E-state index in [4.69, 9.17) is 16.7 Å². The molecule has 0 aromatic heterocycles. The summed E-state index contributed by atoms with van der Waals surface area (Å²) in [4.78, 5) is 11.2. The highest BCUT2D eigenvalue weighted by molar-refractivity contribution is 7.89. The Morgan fingerprint density at radius 2 is 2.15 bits per heavy atom. The summed E-state index contributed by atoms with van der Waals surface area (Å²) in [6.07, 6.45) is 0. The van der Waals surface area contributed by atoms with Crippen LogP contribution in [0.1, 0.15) is 17.3 Å². The van der Waals surface area contributed by atoms with Gasteiger partial charge in [-0.05, 0) is 24.1 Å². The number of benzene rings is 1. The topological polar surface area (TPSA) is 92.7 Å². The molecule has 1 unspecified atom stereocenters. The fraction of sp³-hybridized carbons (Fsp3) is 0.417. The Balaban J connectivity index is 3.07. The van der Waals surface area contributed by atoms with Gasteiger partial charge in [0.25, 0.3) is 0 Å². The minimum Gasteiger partial charge on any atom is -0.465 e. The van der Waals surface area contributed by atoms with Crippen LogP contribution in [0, 0.1) is 5.92 Å². The molecule has 0 aliphatic heterocycles. The number of sulfonamides is 1. The largest absolute Gasteiger partial charge is 0.465 e. The van der Waals surface area contributed by atoms with Crippen LogP contribution in [-0.2, 0) is 14.8 Å². The summed E-state index contributed by atoms with van der Waals surface area (Å²) in [5.41, 5.74) is 0.0903. The maximum Gasteiger partial charge on any atom is 0.337 e. The normalized spacial score (nSPS) is 13.0. The molecule has 112 valence electrons. The van der Waals surface area contributed by atoms with Gasteiger partial charge < -0.3 is 9.84 Å². The molecule has 1 atom stereocenters. The second-order valence-corrected chi connectivity index (χ2v) is 6.42. The van der Waals surface area contributed by atoms with Crippen LogP contribution in [-0.4, -0.2) is 39.8 Å². The van der Waals surface area contributed by atoms with E-state index in [1.54, 1.807) is 6.92 Å². The van der Waals surface area contributed by atoms with Crippen molar-refractivity contribution >= 4 is 27.6 Å². The van der Waals surface area contributed by atoms with E-state index in [2.05, 4.69) is 9.46 Å². The van der Waals surface area contributed by atoms with Crippen molar-refractivity contribution in [3.63, 3.8) is 0 Å². The Morgan fingerprint density at radius 1 is 1.50 bits per heavy atom. The van der Waals surface area contributed by atoms with Crippen molar-refractivity contribution < 1.29 is 23.1 Å². The van der Waals surface area contributed by atoms with Gasteiger partial charge in [-0.3, -0.25) is 0 Å². The number of methoxy groups -OCH3 is 1. The Kier molecular flexibility index (Phi) is 5.94. The number of nitrogens with one attached hydrogen (secondary N) is 1. The first-order chi connectivity index (χ1) is 9.31. The highest BCUT2D eigenvalue weighted by Gasteiger charge is 2.20. The number of esters is 1. The summed E-state index contributed by atoms with van der Waals surface area (Å²) in [7, 11) is -2.66. The van der Waals surface area contributed by atoms with E-state index in [0.29, 0.717) is 0 Å². The molecule has 0 radical (unpaired) electrons. The van der Waals surface area contributed by atoms with Gasteiger partial charge in [0.05, 0.1) is 17.7 Å². The summed E-state index contributed by atoms with van der Waals surface area (Å²) in [5, 5.41) is 8.89. The molecule has 0 heterocycles. The molecule has 0 fully saturated rings. The van der Waals surface area contributed by atoms with Gasteiger partial charge in [0.15, 0.2) is 0 Å². The zero-order valence-corrected chi connectivity index (χ0v) is 12.7. The molecular weight excluding hydrogens is 306 g/mol. The zero-order chi connectivity index (χ0) is 15.3. The van der Waals surface area contributed by atoms with Gasteiger partial charge >= 0.3 is 5.97 Å². The molecule has 0 spiro atoms. The molecular formula is C12H16ClNO5S. The van der Waals surface area contributed by atoms with Crippen molar-refractivity contribution in [2.45, 2.75) is 11.8 Å². The number of ether oxygens (including phenoxy) is 1. The number of carbonyl (C=O) groups excluding carboxylic acids is 1. The van der Waals surface area contributed by atoms with Crippen LogP contribution in [0.25, 0.3) is 0 Å². The van der Waals surface area contributed by atoms with E-state index in [0.717, 1.165) is 6.07 Å². The van der Waals surface area contributed by atoms with E-state index in [9.17, 15) is 13.2 Å². The fourth-order valence-electron chi connectivity index (χ4n) is 1.35. The second-order valence-electron chi connectivity index (χ2n) is 4.28. The van der Waals surface area contributed by atoms with Gasteiger partial charge in [-0.15, -0.1) is 0 Å². The lowest BCUT2D eigenvalue weighted by atomic mass is 10.2. The second kappa shape index (κ2) is 7.03. The van der Waals surface area contributed by atoms with Gasteiger partial charge in [-0.25, -0.2) is 17.9 Å². The fourth-order valence-corrected chi connectivity index (χ4v) is 3.04. The SMILES string of the molecule is COC(=O)c1ccc(Cl)c(S(=O)(=O)NCC(C)CO)c1. The van der Waals surface area contributed by atoms with E-state index < -0.39 is 16.0 Å². The van der Waals surface area contributed by atoms with Crippen molar-refractivity contribution in [2.75, 3.05) is 20.3 Å². The Bertz CT molecular complexity index is 588. The lowest BCUT2D eigenvalue weighted by Gasteiger charge is -2.12. The van der Waals surface area contributed by atoms with E-state index in [1.807, 2.05) is 0 Å². The number of hydrogen-bond acceptors (Lipinski definition) is 5. The maximum absolute atomic E-state index is 12.1. The predicted molar refractivity (Wildman–Crippen MR) is 74.2 cm³/mol. The average molecular weight is 322 g/mol. The first kappa shape index (κ1) is 16.9. The summed E-state index contributed by atoms with van der Waals surface area (Å²) < 4.78 is 31.1. The van der Waals surface area contributed by atoms with Crippen LogP contribution < -0.4 is 4.72 Å². The quantitative estimate of drug-likeness (QED) is 0.763. The first-order valence-corrected chi connectivity index (χ1v) is 7.66. The van der Waals surface area contributed by atoms with Crippen LogP contribution in [0.3, 0.4) is 0 Å². The van der Waals surface area contributed by atoms with Crippen LogP contribution in [0.4, 0.5) is 0 Å². The monoisotopic (exact) mass is 321 g/mol. The Labute approximate surface area is 122 Å². The molecule has 2 N–H and O–H groups in total. The average Bonchev–Trinajstić information content (AvgIpc) is 2.44. The lowest BCUT2D eigenvalue weighted by Crippen LogP contribution is -2.30. The lowest BCUT2D eigenvalue weighted by molar-refractivity contribution is 0.0600. The number of halogens is 1. The smallest absolute Gasteiger partial charge is 0.337 e. The summed E-state index contributed by atoms with van der Waals surface area (Å²) >= 11 is 5.86. The summed E-state index contributed by atoms with van der Waals surface area (Å²) in [6.45, 7) is 1.62. The van der Waals surface area contributed by atoms with Gasteiger partial charge in [-0.1, -0.05) is 18.5 Å². The molecule has 1 aromatic rings. The zero-order valence-electron chi connectivity index (χ0n) is 11.1. The third-order valence-corrected chi connectivity index (χ3v) is 4.48. The van der Waals surface area contributed by atoms with Gasteiger partial charge in [0.1, 0.15) is 4.90 Å². The van der Waals surface area contributed by atoms with Gasteiger partial charge in [0.2, 0.25) is 10.0 Å². The molecule has 0 amide bonds. The van der Waals surface area contributed by atoms with E-state index >= 15 is 0 Å². The van der Waals surface area contributed by atoms with Crippen LogP contribution >= 0.6 is 11.6 Å². The molecule has 20 heavy (non-hydrogen) atoms. The van der Waals surface area contributed by atoms with Crippen molar-refractivity contribution in [1.29, 1.82) is 0 Å². The standard InChI is InChI=1S/C12H16ClNO5S/c1-8(7-15)6-14-20(17,18)11-5-9(12(16)19-2)3-4-10(11)13/h3-5,8,14-15H,6-7H2,1-2H3. The predicted octanol–water partition coefficient (Wildman–Crippen LogP) is 1.03. The Hall–Kier alpha value is -1.15. The molecule has 0 aliphatic carbocycles. The molecule has 0 saturated heterocycles. The number of hydrogen-bond donors (Lipinski definition) is 2. The van der Waals surface area contributed by atoms with Gasteiger partial charge in [-0.2, -0.15) is 0 Å². The molecule has 6 nitrogen and oxygen atoms in total. The number of aliphatic hydroxyl groups excluding tert-OH is 1. The van der Waals surface area contributed by atoms with Crippen LogP contribution in [0.5, 0.6) is 0 Å². The van der Waals surface area contributed by atoms with Crippen molar-refractivity contribution in [1.82, 2.24) is 4.72 Å². The maximum atomic E-state index is 12.1. The molecule has 1 rings (SSSR count). The number of carbonyl (C=O) groups is 1. The van der Waals surface area contributed by atoms with E-state index in [1.165, 1.54) is 19.2 Å². The minimum absolute atomic E-state index is 0.00167. The highest BCUT2D eigenvalue weighted by Crippen LogP contribution is 2.23. The number of aliphatic hydroxyl groups is 1. The molecule has 0 aliphatic rings. The van der Waals surface area contributed by atoms with Crippen molar-refractivity contribution in [3.8, 4) is 0 Å². The van der Waals surface area contributed by atoms with Crippen LogP contribution in [0.15, 0.2) is 23.1 Å². The van der Waals surface area contributed by atoms with Crippen LogP contribution in [0.2, 0.25) is 5.02 Å². The van der Waals surface area contributed by atoms with Crippen molar-refractivity contribution in [3.05, 3.63) is 28.8 Å². The summed E-state index contributed by atoms with van der Waals surface area (Å²) in [5.74, 6) is -0.880. The van der Waals surface area contributed by atoms with E-state index in [-0.39, 0.29) is 34.6 Å². The molecule has 0 bridgehead atoms. The molecule has 0 saturated carbocycles. The first-order valence-electron chi connectivity index (χ1n) is 5.80. The summed E-state index contributed by atoms with van der Waals surface area (Å²) in [6, 6.07) is 3.85.